The number of unbranched alkanes of at least 4 members (excludes halogenated alkanes) is 1. The van der Waals surface area contributed by atoms with Gasteiger partial charge in [0.15, 0.2) is 0 Å². The van der Waals surface area contributed by atoms with Crippen molar-refractivity contribution in [2.75, 3.05) is 6.54 Å². The highest BCUT2D eigenvalue weighted by Crippen LogP contribution is 2.21. The highest BCUT2D eigenvalue weighted by Gasteiger charge is 2.31. The molecule has 0 saturated heterocycles. The number of nitrogens with one attached hydrogen (secondary N) is 5. The van der Waals surface area contributed by atoms with Gasteiger partial charge >= 0.3 is 5.97 Å². The highest BCUT2D eigenvalue weighted by molar-refractivity contribution is 5.96. The fourth-order valence-electron chi connectivity index (χ4n) is 5.34. The lowest BCUT2D eigenvalue weighted by Gasteiger charge is -2.25. The van der Waals surface area contributed by atoms with Crippen molar-refractivity contribution in [2.45, 2.75) is 62.7 Å². The Kier molecular flexibility index (Phi) is 11.5. The van der Waals surface area contributed by atoms with Crippen LogP contribution in [0, 0.1) is 0 Å². The molecule has 4 unspecified atom stereocenters. The number of aromatic amines is 2. The van der Waals surface area contributed by atoms with Gasteiger partial charge in [0.25, 0.3) is 0 Å². The number of carbonyl (C=O) groups is 5. The largest absolute Gasteiger partial charge is 0.480 e. The molecule has 0 aliphatic carbocycles. The topological polar surface area (TPSA) is 251 Å². The molecule has 0 spiro atoms. The standard InChI is InChI=1S/C32H40N8O6/c33-12-6-5-11-25(30(43)40-27(32(45)46)14-19-17-37-24-10-4-2-8-21(19)24)38-31(44)26(39-29(42)22(34)15-28(35)41)13-18-16-36-23-9-3-1-7-20(18)23/h1-4,7-10,16-17,22,25-27,36-37H,5-6,11-15,33-34H2,(H2,35,41)(H,38,44)(H,39,42)(H,40,43)(H,45,46). The van der Waals surface area contributed by atoms with Crippen LogP contribution in [0.25, 0.3) is 21.8 Å². The first kappa shape index (κ1) is 33.7. The van der Waals surface area contributed by atoms with Gasteiger partial charge in [-0.05, 0) is 49.1 Å². The summed E-state index contributed by atoms with van der Waals surface area (Å²) >= 11 is 0. The van der Waals surface area contributed by atoms with E-state index in [0.29, 0.717) is 30.5 Å². The number of para-hydroxylation sites is 2. The van der Waals surface area contributed by atoms with E-state index < -0.39 is 60.2 Å². The Morgan fingerprint density at radius 3 is 1.76 bits per heavy atom. The van der Waals surface area contributed by atoms with Crippen LogP contribution >= 0.6 is 0 Å². The highest BCUT2D eigenvalue weighted by atomic mass is 16.4. The molecule has 14 heteroatoms. The molecule has 244 valence electrons. The Hall–Kier alpha value is -5.21. The zero-order valence-electron chi connectivity index (χ0n) is 25.3. The lowest BCUT2D eigenvalue weighted by Crippen LogP contribution is -2.58. The molecule has 4 atom stereocenters. The van der Waals surface area contributed by atoms with Crippen molar-refractivity contribution < 1.29 is 29.1 Å². The quantitative estimate of drug-likeness (QED) is 0.0731. The third-order valence-corrected chi connectivity index (χ3v) is 7.78. The average molecular weight is 633 g/mol. The van der Waals surface area contributed by atoms with Gasteiger partial charge in [-0.15, -0.1) is 0 Å². The number of carboxylic acid groups (broad SMARTS) is 1. The van der Waals surface area contributed by atoms with Crippen LogP contribution in [0.15, 0.2) is 60.9 Å². The van der Waals surface area contributed by atoms with Crippen LogP contribution in [-0.4, -0.2) is 75.4 Å². The van der Waals surface area contributed by atoms with E-state index in [1.807, 2.05) is 48.5 Å². The van der Waals surface area contributed by atoms with Crippen LogP contribution in [0.3, 0.4) is 0 Å². The van der Waals surface area contributed by atoms with Crippen molar-refractivity contribution in [3.8, 4) is 0 Å². The van der Waals surface area contributed by atoms with Crippen molar-refractivity contribution in [2.24, 2.45) is 17.2 Å². The van der Waals surface area contributed by atoms with E-state index in [0.717, 1.165) is 21.8 Å². The molecule has 0 aliphatic heterocycles. The number of carbonyl (C=O) groups excluding carboxylic acids is 4. The van der Waals surface area contributed by atoms with Gasteiger partial charge in [0, 0.05) is 47.0 Å². The molecular weight excluding hydrogens is 592 g/mol. The number of benzene rings is 2. The van der Waals surface area contributed by atoms with Crippen molar-refractivity contribution in [1.82, 2.24) is 25.9 Å². The number of hydrogen-bond acceptors (Lipinski definition) is 7. The van der Waals surface area contributed by atoms with Crippen LogP contribution in [0.5, 0.6) is 0 Å². The molecule has 4 rings (SSSR count). The summed E-state index contributed by atoms with van der Waals surface area (Å²) in [7, 11) is 0. The third kappa shape index (κ3) is 8.70. The minimum absolute atomic E-state index is 0.00551. The molecule has 4 aromatic rings. The number of amides is 4. The minimum Gasteiger partial charge on any atom is -0.480 e. The number of primary amides is 1. The van der Waals surface area contributed by atoms with E-state index in [-0.39, 0.29) is 19.3 Å². The van der Waals surface area contributed by atoms with Gasteiger partial charge in [-0.1, -0.05) is 36.4 Å². The smallest absolute Gasteiger partial charge is 0.326 e. The van der Waals surface area contributed by atoms with Crippen LogP contribution in [0.1, 0.15) is 36.8 Å². The Morgan fingerprint density at radius 1 is 0.717 bits per heavy atom. The number of H-pyrrole nitrogens is 2. The normalized spacial score (nSPS) is 13.9. The Balaban J connectivity index is 1.54. The van der Waals surface area contributed by atoms with E-state index in [4.69, 9.17) is 17.2 Å². The first-order valence-electron chi connectivity index (χ1n) is 15.0. The van der Waals surface area contributed by atoms with Crippen molar-refractivity contribution in [3.05, 3.63) is 72.1 Å². The predicted octanol–water partition coefficient (Wildman–Crippen LogP) is 0.305. The number of nitrogens with two attached hydrogens (primary N) is 3. The molecule has 46 heavy (non-hydrogen) atoms. The zero-order chi connectivity index (χ0) is 33.2. The second-order valence-corrected chi connectivity index (χ2v) is 11.2. The minimum atomic E-state index is -1.29. The van der Waals surface area contributed by atoms with E-state index in [2.05, 4.69) is 25.9 Å². The average Bonchev–Trinajstić information content (AvgIpc) is 3.63. The number of aromatic nitrogens is 2. The van der Waals surface area contributed by atoms with E-state index >= 15 is 0 Å². The molecule has 14 nitrogen and oxygen atoms in total. The van der Waals surface area contributed by atoms with Crippen LogP contribution in [-0.2, 0) is 36.8 Å². The summed E-state index contributed by atoms with van der Waals surface area (Å²) in [4.78, 5) is 70.0. The van der Waals surface area contributed by atoms with Crippen molar-refractivity contribution >= 4 is 51.4 Å². The van der Waals surface area contributed by atoms with Gasteiger partial charge in [0.2, 0.25) is 23.6 Å². The lowest BCUT2D eigenvalue weighted by atomic mass is 10.0. The summed E-state index contributed by atoms with van der Waals surface area (Å²) in [5, 5.41) is 19.5. The van der Waals surface area contributed by atoms with Gasteiger partial charge in [-0.2, -0.15) is 0 Å². The predicted molar refractivity (Wildman–Crippen MR) is 172 cm³/mol. The van der Waals surface area contributed by atoms with E-state index in [9.17, 15) is 29.1 Å². The molecule has 2 aromatic carbocycles. The molecule has 0 aliphatic rings. The maximum Gasteiger partial charge on any atom is 0.326 e. The Bertz CT molecular complexity index is 1700. The summed E-state index contributed by atoms with van der Waals surface area (Å²) in [5.41, 5.74) is 19.8. The number of carboxylic acids is 1. The molecule has 0 bridgehead atoms. The van der Waals surface area contributed by atoms with Crippen LogP contribution in [0.2, 0.25) is 0 Å². The van der Waals surface area contributed by atoms with Gasteiger partial charge in [0.1, 0.15) is 18.1 Å². The summed E-state index contributed by atoms with van der Waals surface area (Å²) in [6.45, 7) is 0.359. The molecule has 12 N–H and O–H groups in total. The Labute approximate surface area is 264 Å². The van der Waals surface area contributed by atoms with Gasteiger partial charge in [-0.3, -0.25) is 19.2 Å². The first-order chi connectivity index (χ1) is 22.1. The number of rotatable bonds is 17. The van der Waals surface area contributed by atoms with E-state index in [1.54, 1.807) is 12.4 Å². The summed E-state index contributed by atoms with van der Waals surface area (Å²) in [6.07, 6.45) is 4.23. The zero-order valence-corrected chi connectivity index (χ0v) is 25.3. The molecule has 0 fully saturated rings. The van der Waals surface area contributed by atoms with Crippen molar-refractivity contribution in [1.29, 1.82) is 0 Å². The van der Waals surface area contributed by atoms with Gasteiger partial charge < -0.3 is 48.2 Å². The van der Waals surface area contributed by atoms with Gasteiger partial charge in [0.05, 0.1) is 12.5 Å². The second kappa shape index (κ2) is 15.7. The summed E-state index contributed by atoms with van der Waals surface area (Å²) in [5.74, 6) is -4.18. The second-order valence-electron chi connectivity index (χ2n) is 11.2. The fourth-order valence-corrected chi connectivity index (χ4v) is 5.34. The van der Waals surface area contributed by atoms with Crippen LogP contribution in [0.4, 0.5) is 0 Å². The molecule has 0 radical (unpaired) electrons. The molecule has 2 aromatic heterocycles. The molecule has 4 amide bonds. The molecule has 2 heterocycles. The maximum atomic E-state index is 13.8. The van der Waals surface area contributed by atoms with Crippen LogP contribution < -0.4 is 33.2 Å². The summed E-state index contributed by atoms with van der Waals surface area (Å²) in [6, 6.07) is 9.92. The van der Waals surface area contributed by atoms with E-state index in [1.165, 1.54) is 0 Å². The van der Waals surface area contributed by atoms with Crippen molar-refractivity contribution in [3.63, 3.8) is 0 Å². The first-order valence-corrected chi connectivity index (χ1v) is 15.0. The number of hydrogen-bond donors (Lipinski definition) is 9. The maximum absolute atomic E-state index is 13.8. The molecule has 0 saturated carbocycles. The SMILES string of the molecule is NCCCCC(NC(=O)C(Cc1c[nH]c2ccccc12)NC(=O)C(N)CC(N)=O)C(=O)NC(Cc1c[nH]c2ccccc12)C(=O)O. The summed E-state index contributed by atoms with van der Waals surface area (Å²) < 4.78 is 0. The third-order valence-electron chi connectivity index (χ3n) is 7.78. The number of aliphatic carboxylic acids is 1. The number of fused-ring (bicyclic) bond motifs is 2. The fraction of sp³-hybridized carbons (Fsp3) is 0.344. The van der Waals surface area contributed by atoms with Gasteiger partial charge in [-0.25, -0.2) is 4.79 Å². The molecular formula is C32H40N8O6. The lowest BCUT2D eigenvalue weighted by molar-refractivity contribution is -0.142. The monoisotopic (exact) mass is 632 g/mol. The Morgan fingerprint density at radius 2 is 1.22 bits per heavy atom.